The van der Waals surface area contributed by atoms with E-state index >= 15 is 0 Å². The molecule has 170 valence electrons. The third kappa shape index (κ3) is 4.34. The highest BCUT2D eigenvalue weighted by atomic mass is 16.2. The van der Waals surface area contributed by atoms with Crippen LogP contribution in [0.3, 0.4) is 0 Å². The van der Waals surface area contributed by atoms with Gasteiger partial charge in [0.25, 0.3) is 5.91 Å². The Morgan fingerprint density at radius 3 is 2.24 bits per heavy atom. The molecule has 4 aromatic carbocycles. The van der Waals surface area contributed by atoms with E-state index in [1.165, 1.54) is 11.1 Å². The molecule has 1 heterocycles. The number of aryl methyl sites for hydroxylation is 2. The Morgan fingerprint density at radius 1 is 0.794 bits per heavy atom. The molecule has 0 radical (unpaired) electrons. The summed E-state index contributed by atoms with van der Waals surface area (Å²) in [5.41, 5.74) is 8.64. The summed E-state index contributed by atoms with van der Waals surface area (Å²) in [5, 5.41) is 3.71. The lowest BCUT2D eigenvalue weighted by molar-refractivity contribution is 0.0974. The second-order valence-corrected chi connectivity index (χ2v) is 9.33. The number of nitrogens with one attached hydrogen (secondary N) is 1. The van der Waals surface area contributed by atoms with E-state index in [0.29, 0.717) is 5.56 Å². The highest BCUT2D eigenvalue weighted by Crippen LogP contribution is 2.40. The zero-order chi connectivity index (χ0) is 23.7. The molecule has 0 bridgehead atoms. The summed E-state index contributed by atoms with van der Waals surface area (Å²) in [7, 11) is 0. The first-order chi connectivity index (χ1) is 16.5. The zero-order valence-corrected chi connectivity index (χ0v) is 20.0. The lowest BCUT2D eigenvalue weighted by atomic mass is 9.89. The Kier molecular flexibility index (Phi) is 5.93. The quantitative estimate of drug-likeness (QED) is 0.351. The SMILES string of the molecule is Cc1cccc(NC2CC(C)N(C(=O)c3ccc(-c4ccccc4)cc3)c3cc(C)ccc32)c1. The van der Waals surface area contributed by atoms with Crippen molar-refractivity contribution >= 4 is 17.3 Å². The van der Waals surface area contributed by atoms with Crippen molar-refractivity contribution in [2.45, 2.75) is 39.3 Å². The lowest BCUT2D eigenvalue weighted by Crippen LogP contribution is -2.44. The molecule has 1 amide bonds. The van der Waals surface area contributed by atoms with Gasteiger partial charge in [0.15, 0.2) is 0 Å². The largest absolute Gasteiger partial charge is 0.378 e. The second kappa shape index (κ2) is 9.18. The molecule has 0 fully saturated rings. The molecule has 0 spiro atoms. The maximum Gasteiger partial charge on any atom is 0.258 e. The van der Waals surface area contributed by atoms with Gasteiger partial charge in [-0.15, -0.1) is 0 Å². The Balaban J connectivity index is 1.46. The number of rotatable bonds is 4. The fourth-order valence-electron chi connectivity index (χ4n) is 4.93. The molecule has 1 aliphatic heterocycles. The summed E-state index contributed by atoms with van der Waals surface area (Å²) in [6.07, 6.45) is 0.845. The monoisotopic (exact) mass is 446 g/mol. The van der Waals surface area contributed by atoms with Gasteiger partial charge in [0.05, 0.1) is 6.04 Å². The number of hydrogen-bond acceptors (Lipinski definition) is 2. The maximum atomic E-state index is 13.7. The molecule has 3 nitrogen and oxygen atoms in total. The van der Waals surface area contributed by atoms with Crippen molar-refractivity contribution in [2.24, 2.45) is 0 Å². The van der Waals surface area contributed by atoms with Gasteiger partial charge >= 0.3 is 0 Å². The first kappa shape index (κ1) is 22.0. The van der Waals surface area contributed by atoms with E-state index in [1.807, 2.05) is 47.4 Å². The molecule has 0 aromatic heterocycles. The van der Waals surface area contributed by atoms with Crippen LogP contribution in [0.1, 0.15) is 46.4 Å². The molecule has 4 aromatic rings. The number of carbonyl (C=O) groups is 1. The predicted molar refractivity (Wildman–Crippen MR) is 141 cm³/mol. The Bertz CT molecular complexity index is 1310. The molecule has 1 aliphatic rings. The fourth-order valence-corrected chi connectivity index (χ4v) is 4.93. The third-order valence-electron chi connectivity index (χ3n) is 6.66. The van der Waals surface area contributed by atoms with Crippen molar-refractivity contribution in [3.8, 4) is 11.1 Å². The number of carbonyl (C=O) groups excluding carboxylic acids is 1. The Labute approximate surface area is 202 Å². The minimum atomic E-state index is 0.0490. The molecule has 0 saturated carbocycles. The van der Waals surface area contributed by atoms with Crippen LogP contribution in [0.4, 0.5) is 11.4 Å². The van der Waals surface area contributed by atoms with Gasteiger partial charge in [-0.1, -0.05) is 66.7 Å². The summed E-state index contributed by atoms with van der Waals surface area (Å²) >= 11 is 0. The standard InChI is InChI=1S/C31H30N2O/c1-21-8-7-11-27(18-21)32-29-20-23(3)33(30-19-22(2)12-17-28(29)30)31(34)26-15-13-25(14-16-26)24-9-5-4-6-10-24/h4-19,23,29,32H,20H2,1-3H3. The van der Waals surface area contributed by atoms with Crippen molar-refractivity contribution in [2.75, 3.05) is 10.2 Å². The van der Waals surface area contributed by atoms with Crippen LogP contribution >= 0.6 is 0 Å². The van der Waals surface area contributed by atoms with Gasteiger partial charge in [-0.3, -0.25) is 4.79 Å². The molecular weight excluding hydrogens is 416 g/mol. The van der Waals surface area contributed by atoms with Crippen molar-refractivity contribution in [1.82, 2.24) is 0 Å². The van der Waals surface area contributed by atoms with Gasteiger partial charge in [-0.05, 0) is 85.3 Å². The third-order valence-corrected chi connectivity index (χ3v) is 6.66. The van der Waals surface area contributed by atoms with Crippen LogP contribution in [0.25, 0.3) is 11.1 Å². The Hall–Kier alpha value is -3.85. The van der Waals surface area contributed by atoms with Crippen molar-refractivity contribution in [3.63, 3.8) is 0 Å². The average Bonchev–Trinajstić information content (AvgIpc) is 2.84. The van der Waals surface area contributed by atoms with Crippen molar-refractivity contribution in [1.29, 1.82) is 0 Å². The molecule has 5 rings (SSSR count). The van der Waals surface area contributed by atoms with Gasteiger partial charge in [-0.25, -0.2) is 0 Å². The van der Waals surface area contributed by atoms with E-state index in [1.54, 1.807) is 0 Å². The van der Waals surface area contributed by atoms with Crippen LogP contribution in [-0.2, 0) is 0 Å². The minimum absolute atomic E-state index is 0.0490. The second-order valence-electron chi connectivity index (χ2n) is 9.33. The van der Waals surface area contributed by atoms with Crippen LogP contribution in [0, 0.1) is 13.8 Å². The van der Waals surface area contributed by atoms with Crippen molar-refractivity contribution in [3.05, 3.63) is 119 Å². The molecule has 0 aliphatic carbocycles. The molecule has 1 N–H and O–H groups in total. The van der Waals surface area contributed by atoms with Gasteiger partial charge in [-0.2, -0.15) is 0 Å². The summed E-state index contributed by atoms with van der Waals surface area (Å²) in [6.45, 7) is 6.34. The number of fused-ring (bicyclic) bond motifs is 1. The normalized spacial score (nSPS) is 17.2. The minimum Gasteiger partial charge on any atom is -0.378 e. The highest BCUT2D eigenvalue weighted by Gasteiger charge is 2.34. The van der Waals surface area contributed by atoms with Crippen LogP contribution in [0.15, 0.2) is 97.1 Å². The molecule has 34 heavy (non-hydrogen) atoms. The highest BCUT2D eigenvalue weighted by molar-refractivity contribution is 6.07. The predicted octanol–water partition coefficient (Wildman–Crippen LogP) is 7.56. The molecule has 2 unspecified atom stereocenters. The summed E-state index contributed by atoms with van der Waals surface area (Å²) < 4.78 is 0. The number of nitrogens with zero attached hydrogens (tertiary/aromatic N) is 1. The molecular formula is C31H30N2O. The van der Waals surface area contributed by atoms with Crippen LogP contribution < -0.4 is 10.2 Å². The topological polar surface area (TPSA) is 32.3 Å². The van der Waals surface area contributed by atoms with Crippen molar-refractivity contribution < 1.29 is 4.79 Å². The Morgan fingerprint density at radius 2 is 1.50 bits per heavy atom. The number of amides is 1. The van der Waals surface area contributed by atoms with Gasteiger partial charge < -0.3 is 10.2 Å². The van der Waals surface area contributed by atoms with Crippen LogP contribution in [-0.4, -0.2) is 11.9 Å². The van der Waals surface area contributed by atoms with Gasteiger partial charge in [0.1, 0.15) is 0 Å². The van der Waals surface area contributed by atoms with E-state index in [0.717, 1.165) is 34.5 Å². The van der Waals surface area contributed by atoms with E-state index in [9.17, 15) is 4.79 Å². The number of anilines is 2. The summed E-state index contributed by atoms with van der Waals surface area (Å²) in [6, 6.07) is 33.4. The molecule has 3 heteroatoms. The summed E-state index contributed by atoms with van der Waals surface area (Å²) in [4.78, 5) is 15.7. The molecule has 0 saturated heterocycles. The summed E-state index contributed by atoms with van der Waals surface area (Å²) in [5.74, 6) is 0.0490. The van der Waals surface area contributed by atoms with Gasteiger partial charge in [0, 0.05) is 23.0 Å². The average molecular weight is 447 g/mol. The number of benzene rings is 4. The smallest absolute Gasteiger partial charge is 0.258 e. The van der Waals surface area contributed by atoms with Crippen LogP contribution in [0.2, 0.25) is 0 Å². The van der Waals surface area contributed by atoms with E-state index in [4.69, 9.17) is 0 Å². The fraction of sp³-hybridized carbons (Fsp3) is 0.194. The van der Waals surface area contributed by atoms with E-state index in [2.05, 4.69) is 80.7 Å². The number of hydrogen-bond donors (Lipinski definition) is 1. The zero-order valence-electron chi connectivity index (χ0n) is 20.0. The van der Waals surface area contributed by atoms with E-state index < -0.39 is 0 Å². The van der Waals surface area contributed by atoms with Gasteiger partial charge in [0.2, 0.25) is 0 Å². The molecule has 2 atom stereocenters. The lowest BCUT2D eigenvalue weighted by Gasteiger charge is -2.40. The van der Waals surface area contributed by atoms with Crippen LogP contribution in [0.5, 0.6) is 0 Å². The first-order valence-corrected chi connectivity index (χ1v) is 11.9. The first-order valence-electron chi connectivity index (χ1n) is 11.9. The maximum absolute atomic E-state index is 13.7. The van der Waals surface area contributed by atoms with E-state index in [-0.39, 0.29) is 18.0 Å².